The Hall–Kier alpha value is -1.37. The molecule has 8 atom stereocenters. The standard InChI is InChI=1S/C23H33F2N3O2/c1-22-8-6-15-14-7-9-23(30,21(24)25)11-13(14)2-3-16(15)17(22)4-5-18(22)19(29)10-20-26-12-27-28-20/h12-18,21,30H,2-11H2,1H3,(H,26,27,28). The molecular formula is C23H33F2N3O2. The molecule has 7 heteroatoms. The number of carbonyl (C=O) groups is 1. The Labute approximate surface area is 176 Å². The minimum atomic E-state index is -2.64. The largest absolute Gasteiger partial charge is 0.384 e. The van der Waals surface area contributed by atoms with Crippen molar-refractivity contribution in [1.82, 2.24) is 15.2 Å². The van der Waals surface area contributed by atoms with E-state index in [1.165, 1.54) is 6.33 Å². The minimum Gasteiger partial charge on any atom is -0.384 e. The Morgan fingerprint density at radius 2 is 1.97 bits per heavy atom. The van der Waals surface area contributed by atoms with Crippen LogP contribution in [0, 0.1) is 40.9 Å². The van der Waals surface area contributed by atoms with Gasteiger partial charge in [0.2, 0.25) is 0 Å². The van der Waals surface area contributed by atoms with Gasteiger partial charge in [0.05, 0.1) is 6.42 Å². The van der Waals surface area contributed by atoms with Crippen molar-refractivity contribution in [2.75, 3.05) is 0 Å². The Morgan fingerprint density at radius 1 is 1.17 bits per heavy atom. The van der Waals surface area contributed by atoms with Crippen LogP contribution in [0.1, 0.15) is 70.5 Å². The van der Waals surface area contributed by atoms with E-state index in [0.717, 1.165) is 44.9 Å². The Kier molecular flexibility index (Phi) is 5.03. The number of rotatable bonds is 4. The molecule has 1 heterocycles. The van der Waals surface area contributed by atoms with Crippen molar-refractivity contribution in [3.63, 3.8) is 0 Å². The molecule has 0 radical (unpaired) electrons. The average Bonchev–Trinajstić information content (AvgIpc) is 3.34. The molecule has 1 aromatic rings. The number of ketones is 1. The van der Waals surface area contributed by atoms with Gasteiger partial charge in [0.15, 0.2) is 0 Å². The molecule has 1 aromatic heterocycles. The number of alkyl halides is 2. The van der Waals surface area contributed by atoms with Crippen molar-refractivity contribution in [1.29, 1.82) is 0 Å². The molecule has 4 fully saturated rings. The van der Waals surface area contributed by atoms with Crippen molar-refractivity contribution < 1.29 is 18.7 Å². The van der Waals surface area contributed by atoms with Gasteiger partial charge in [-0.15, -0.1) is 0 Å². The fourth-order valence-corrected chi connectivity index (χ4v) is 8.24. The number of nitrogens with one attached hydrogen (secondary N) is 1. The molecule has 8 unspecified atom stereocenters. The van der Waals surface area contributed by atoms with Gasteiger partial charge < -0.3 is 5.11 Å². The molecule has 4 saturated carbocycles. The lowest BCUT2D eigenvalue weighted by Crippen LogP contribution is -2.53. The first kappa shape index (κ1) is 20.5. The van der Waals surface area contributed by atoms with Gasteiger partial charge in [-0.25, -0.2) is 13.8 Å². The molecule has 5 nitrogen and oxygen atoms in total. The number of H-pyrrole nitrogens is 1. The third-order valence-corrected chi connectivity index (χ3v) is 9.65. The molecular weight excluding hydrogens is 388 g/mol. The minimum absolute atomic E-state index is 0.0451. The van der Waals surface area contributed by atoms with E-state index in [1.54, 1.807) is 0 Å². The number of aromatic nitrogens is 3. The second-order valence-electron chi connectivity index (χ2n) is 10.8. The summed E-state index contributed by atoms with van der Waals surface area (Å²) >= 11 is 0. The van der Waals surface area contributed by atoms with Crippen LogP contribution in [-0.4, -0.2) is 38.1 Å². The maximum Gasteiger partial charge on any atom is 0.266 e. The molecule has 4 aliphatic rings. The van der Waals surface area contributed by atoms with Crippen LogP contribution < -0.4 is 0 Å². The lowest BCUT2D eigenvalue weighted by Gasteiger charge is -2.57. The summed E-state index contributed by atoms with van der Waals surface area (Å²) in [7, 11) is 0. The van der Waals surface area contributed by atoms with Crippen LogP contribution >= 0.6 is 0 Å². The third kappa shape index (κ3) is 3.14. The Bertz CT molecular complexity index is 787. The number of nitrogens with zero attached hydrogens (tertiary/aromatic N) is 2. The van der Waals surface area contributed by atoms with E-state index >= 15 is 0 Å². The van der Waals surface area contributed by atoms with Crippen LogP contribution in [0.25, 0.3) is 0 Å². The average molecular weight is 422 g/mol. The second-order valence-corrected chi connectivity index (χ2v) is 10.8. The van der Waals surface area contributed by atoms with E-state index in [4.69, 9.17) is 0 Å². The van der Waals surface area contributed by atoms with E-state index in [9.17, 15) is 18.7 Å². The topological polar surface area (TPSA) is 78.9 Å². The van der Waals surface area contributed by atoms with E-state index in [0.29, 0.717) is 35.9 Å². The van der Waals surface area contributed by atoms with Crippen molar-refractivity contribution >= 4 is 5.78 Å². The second kappa shape index (κ2) is 7.35. The Balaban J connectivity index is 1.30. The molecule has 0 bridgehead atoms. The van der Waals surface area contributed by atoms with E-state index in [2.05, 4.69) is 22.1 Å². The molecule has 4 aliphatic carbocycles. The quantitative estimate of drug-likeness (QED) is 0.764. The fourth-order valence-electron chi connectivity index (χ4n) is 8.24. The predicted molar refractivity (Wildman–Crippen MR) is 107 cm³/mol. The SMILES string of the molecule is CC12CCC3C4CCC(O)(C(F)F)CC4CCC3C1CCC2C(=O)Cc1ncn[nH]1. The van der Waals surface area contributed by atoms with Crippen molar-refractivity contribution in [3.05, 3.63) is 12.2 Å². The molecule has 2 N–H and O–H groups in total. The number of aliphatic hydroxyl groups is 1. The van der Waals surface area contributed by atoms with Gasteiger partial charge >= 0.3 is 0 Å². The number of hydrogen-bond donors (Lipinski definition) is 2. The van der Waals surface area contributed by atoms with Crippen LogP contribution in [0.4, 0.5) is 8.78 Å². The number of fused-ring (bicyclic) bond motifs is 5. The van der Waals surface area contributed by atoms with Crippen LogP contribution in [0.15, 0.2) is 6.33 Å². The lowest BCUT2D eigenvalue weighted by molar-refractivity contribution is -0.160. The fraction of sp³-hybridized carbons (Fsp3) is 0.870. The van der Waals surface area contributed by atoms with Crippen LogP contribution in [0.2, 0.25) is 0 Å². The van der Waals surface area contributed by atoms with Gasteiger partial charge in [-0.05, 0) is 92.8 Å². The van der Waals surface area contributed by atoms with Crippen LogP contribution in [0.5, 0.6) is 0 Å². The van der Waals surface area contributed by atoms with E-state index in [1.807, 2.05) is 0 Å². The zero-order valence-electron chi connectivity index (χ0n) is 17.7. The first-order valence-electron chi connectivity index (χ1n) is 11.7. The highest BCUT2D eigenvalue weighted by molar-refractivity contribution is 5.83. The molecule has 0 aromatic carbocycles. The summed E-state index contributed by atoms with van der Waals surface area (Å²) in [5.74, 6) is 3.44. The monoisotopic (exact) mass is 421 g/mol. The number of carbonyl (C=O) groups excluding carboxylic acids is 1. The summed E-state index contributed by atoms with van der Waals surface area (Å²) < 4.78 is 26.8. The number of Topliss-reactive ketones (excluding diaryl/α,β-unsaturated/α-hetero) is 1. The summed E-state index contributed by atoms with van der Waals surface area (Å²) in [6.07, 6.45) is 6.57. The van der Waals surface area contributed by atoms with Crippen LogP contribution in [-0.2, 0) is 11.2 Å². The van der Waals surface area contributed by atoms with Crippen LogP contribution in [0.3, 0.4) is 0 Å². The number of hydrogen-bond acceptors (Lipinski definition) is 4. The van der Waals surface area contributed by atoms with Crippen molar-refractivity contribution in [3.8, 4) is 0 Å². The van der Waals surface area contributed by atoms with Gasteiger partial charge in [0.25, 0.3) is 6.43 Å². The lowest BCUT2D eigenvalue weighted by atomic mass is 9.49. The van der Waals surface area contributed by atoms with Gasteiger partial charge in [-0.1, -0.05) is 6.92 Å². The highest BCUT2D eigenvalue weighted by atomic mass is 19.3. The first-order chi connectivity index (χ1) is 14.3. The highest BCUT2D eigenvalue weighted by Crippen LogP contribution is 2.65. The van der Waals surface area contributed by atoms with Gasteiger partial charge in [-0.3, -0.25) is 9.89 Å². The molecule has 0 amide bonds. The van der Waals surface area contributed by atoms with Gasteiger partial charge in [0, 0.05) is 5.92 Å². The summed E-state index contributed by atoms with van der Waals surface area (Å²) in [6, 6.07) is 0. The highest BCUT2D eigenvalue weighted by Gasteiger charge is 2.59. The summed E-state index contributed by atoms with van der Waals surface area (Å²) in [6.45, 7) is 2.33. The third-order valence-electron chi connectivity index (χ3n) is 9.65. The van der Waals surface area contributed by atoms with Crippen molar-refractivity contribution in [2.24, 2.45) is 40.9 Å². The number of halogens is 2. The molecule has 0 aliphatic heterocycles. The summed E-state index contributed by atoms with van der Waals surface area (Å²) in [5.41, 5.74) is -1.73. The zero-order valence-corrected chi connectivity index (χ0v) is 17.7. The van der Waals surface area contributed by atoms with Crippen molar-refractivity contribution in [2.45, 2.75) is 83.2 Å². The van der Waals surface area contributed by atoms with E-state index < -0.39 is 12.0 Å². The predicted octanol–water partition coefficient (Wildman–Crippen LogP) is 4.18. The molecule has 0 spiro atoms. The zero-order chi connectivity index (χ0) is 21.1. The maximum absolute atomic E-state index is 13.4. The first-order valence-corrected chi connectivity index (χ1v) is 11.7. The van der Waals surface area contributed by atoms with Gasteiger partial charge in [-0.2, -0.15) is 5.10 Å². The molecule has 5 rings (SSSR count). The summed E-state index contributed by atoms with van der Waals surface area (Å²) in [4.78, 5) is 17.2. The smallest absolute Gasteiger partial charge is 0.266 e. The van der Waals surface area contributed by atoms with E-state index in [-0.39, 0.29) is 35.9 Å². The maximum atomic E-state index is 13.4. The Morgan fingerprint density at radius 3 is 2.70 bits per heavy atom. The molecule has 0 saturated heterocycles. The molecule has 166 valence electrons. The number of aromatic amines is 1. The summed E-state index contributed by atoms with van der Waals surface area (Å²) in [5, 5.41) is 17.0. The normalized spacial score (nSPS) is 45.6. The van der Waals surface area contributed by atoms with Gasteiger partial charge in [0.1, 0.15) is 23.5 Å². The molecule has 30 heavy (non-hydrogen) atoms.